The highest BCUT2D eigenvalue weighted by Crippen LogP contribution is 2.36. The third-order valence-corrected chi connectivity index (χ3v) is 5.90. The fraction of sp³-hybridized carbons (Fsp3) is 0.190. The van der Waals surface area contributed by atoms with E-state index in [1.54, 1.807) is 12.1 Å². The van der Waals surface area contributed by atoms with Crippen LogP contribution in [0.5, 0.6) is 17.2 Å². The Hall–Kier alpha value is -3.46. The Morgan fingerprint density at radius 2 is 2.00 bits per heavy atom. The highest BCUT2D eigenvalue weighted by Gasteiger charge is 2.27. The highest BCUT2D eigenvalue weighted by atomic mass is 32.2. The SMILES string of the molecule is Cn1c(SCc2cc(=O)oc3cc(O)ccc23)nnc1[C@@H]1COc2ccccc2O1. The zero-order chi connectivity index (χ0) is 20.7. The van der Waals surface area contributed by atoms with Crippen molar-refractivity contribution in [2.24, 2.45) is 7.05 Å². The Kier molecular flexibility index (Phi) is 4.59. The third-order valence-electron chi connectivity index (χ3n) is 4.84. The first kappa shape index (κ1) is 18.6. The molecule has 152 valence electrons. The van der Waals surface area contributed by atoms with Gasteiger partial charge in [-0.2, -0.15) is 0 Å². The zero-order valence-corrected chi connectivity index (χ0v) is 16.8. The van der Waals surface area contributed by atoms with Crippen molar-refractivity contribution in [1.29, 1.82) is 0 Å². The van der Waals surface area contributed by atoms with Crippen LogP contribution >= 0.6 is 11.8 Å². The van der Waals surface area contributed by atoms with Crippen LogP contribution < -0.4 is 15.1 Å². The van der Waals surface area contributed by atoms with E-state index in [9.17, 15) is 9.90 Å². The topological polar surface area (TPSA) is 99.6 Å². The number of phenols is 1. The number of hydrogen-bond acceptors (Lipinski definition) is 8. The molecule has 30 heavy (non-hydrogen) atoms. The summed E-state index contributed by atoms with van der Waals surface area (Å²) < 4.78 is 18.9. The van der Waals surface area contributed by atoms with Gasteiger partial charge in [-0.3, -0.25) is 0 Å². The molecule has 0 bridgehead atoms. The number of phenolic OH excluding ortho intramolecular Hbond substituents is 1. The van der Waals surface area contributed by atoms with Crippen LogP contribution in [0.2, 0.25) is 0 Å². The molecule has 0 radical (unpaired) electrons. The smallest absolute Gasteiger partial charge is 0.336 e. The number of para-hydroxylation sites is 2. The van der Waals surface area contributed by atoms with Crippen molar-refractivity contribution in [3.05, 3.63) is 70.3 Å². The van der Waals surface area contributed by atoms with Crippen LogP contribution in [-0.2, 0) is 12.8 Å². The van der Waals surface area contributed by atoms with Crippen LogP contribution in [0, 0.1) is 0 Å². The lowest BCUT2D eigenvalue weighted by atomic mass is 10.1. The minimum Gasteiger partial charge on any atom is -0.508 e. The average molecular weight is 423 g/mol. The van der Waals surface area contributed by atoms with Crippen molar-refractivity contribution in [2.45, 2.75) is 17.0 Å². The van der Waals surface area contributed by atoms with Gasteiger partial charge in [0.05, 0.1) is 0 Å². The van der Waals surface area contributed by atoms with Crippen molar-refractivity contribution in [1.82, 2.24) is 14.8 Å². The summed E-state index contributed by atoms with van der Waals surface area (Å²) in [7, 11) is 1.87. The molecule has 0 fully saturated rings. The van der Waals surface area contributed by atoms with E-state index in [1.807, 2.05) is 35.9 Å². The number of thioether (sulfide) groups is 1. The summed E-state index contributed by atoms with van der Waals surface area (Å²) in [5, 5.41) is 19.7. The van der Waals surface area contributed by atoms with Gasteiger partial charge < -0.3 is 23.6 Å². The van der Waals surface area contributed by atoms with E-state index in [0.29, 0.717) is 40.4 Å². The molecule has 0 spiro atoms. The molecule has 0 saturated heterocycles. The van der Waals surface area contributed by atoms with Gasteiger partial charge in [-0.25, -0.2) is 4.79 Å². The van der Waals surface area contributed by atoms with Gasteiger partial charge in [-0.15, -0.1) is 10.2 Å². The number of ether oxygens (including phenoxy) is 2. The molecular weight excluding hydrogens is 406 g/mol. The summed E-state index contributed by atoms with van der Waals surface area (Å²) in [6.07, 6.45) is -0.362. The lowest BCUT2D eigenvalue weighted by molar-refractivity contribution is 0.0825. The Balaban J connectivity index is 1.37. The van der Waals surface area contributed by atoms with E-state index in [-0.39, 0.29) is 11.9 Å². The largest absolute Gasteiger partial charge is 0.508 e. The van der Waals surface area contributed by atoms with Crippen molar-refractivity contribution in [3.63, 3.8) is 0 Å². The summed E-state index contributed by atoms with van der Waals surface area (Å²) in [5.41, 5.74) is 0.680. The van der Waals surface area contributed by atoms with E-state index < -0.39 is 5.63 Å². The van der Waals surface area contributed by atoms with Gasteiger partial charge in [-0.05, 0) is 29.8 Å². The maximum absolute atomic E-state index is 11.9. The number of fused-ring (bicyclic) bond motifs is 2. The second kappa shape index (κ2) is 7.42. The molecule has 4 aromatic rings. The molecule has 1 aliphatic heterocycles. The predicted octanol–water partition coefficient (Wildman–Crippen LogP) is 3.43. The van der Waals surface area contributed by atoms with E-state index in [0.717, 1.165) is 10.9 Å². The molecule has 1 aliphatic rings. The summed E-state index contributed by atoms with van der Waals surface area (Å²) in [6, 6.07) is 13.7. The number of aromatic hydroxyl groups is 1. The van der Waals surface area contributed by atoms with Crippen molar-refractivity contribution in [3.8, 4) is 17.2 Å². The lowest BCUT2D eigenvalue weighted by Crippen LogP contribution is -2.24. The molecule has 2 aromatic carbocycles. The number of hydrogen-bond donors (Lipinski definition) is 1. The van der Waals surface area contributed by atoms with E-state index in [1.165, 1.54) is 23.9 Å². The second-order valence-electron chi connectivity index (χ2n) is 6.82. The number of rotatable bonds is 4. The van der Waals surface area contributed by atoms with Crippen LogP contribution in [0.15, 0.2) is 62.9 Å². The number of benzene rings is 2. The molecule has 9 heteroatoms. The van der Waals surface area contributed by atoms with Gasteiger partial charge in [0.15, 0.2) is 28.6 Å². The number of aromatic nitrogens is 3. The van der Waals surface area contributed by atoms with E-state index in [2.05, 4.69) is 10.2 Å². The van der Waals surface area contributed by atoms with Crippen LogP contribution in [0.3, 0.4) is 0 Å². The molecule has 0 saturated carbocycles. The molecule has 1 N–H and O–H groups in total. The Labute approximate surface area is 175 Å². The zero-order valence-electron chi connectivity index (χ0n) is 15.9. The van der Waals surface area contributed by atoms with Gasteiger partial charge in [-0.1, -0.05) is 23.9 Å². The van der Waals surface area contributed by atoms with Gasteiger partial charge in [0.1, 0.15) is 17.9 Å². The molecule has 5 rings (SSSR count). The minimum absolute atomic E-state index is 0.0460. The van der Waals surface area contributed by atoms with Crippen LogP contribution in [0.1, 0.15) is 17.5 Å². The average Bonchev–Trinajstić information content (AvgIpc) is 3.11. The third kappa shape index (κ3) is 3.37. The molecule has 0 aliphatic carbocycles. The van der Waals surface area contributed by atoms with E-state index >= 15 is 0 Å². The normalized spacial score (nSPS) is 15.4. The summed E-state index contributed by atoms with van der Waals surface area (Å²) >= 11 is 1.45. The van der Waals surface area contributed by atoms with Gasteiger partial charge >= 0.3 is 5.63 Å². The fourth-order valence-electron chi connectivity index (χ4n) is 3.36. The first-order chi connectivity index (χ1) is 14.6. The standard InChI is InChI=1S/C21H17N3O5S/c1-24-20(18-10-27-15-4-2-3-5-16(15)28-18)22-23-21(24)30-11-12-8-19(26)29-17-9-13(25)6-7-14(12)17/h2-9,18,25H,10-11H2,1H3/t18-/m0/s1. The first-order valence-corrected chi connectivity index (χ1v) is 10.2. The molecule has 8 nitrogen and oxygen atoms in total. The monoisotopic (exact) mass is 423 g/mol. The van der Waals surface area contributed by atoms with E-state index in [4.69, 9.17) is 13.9 Å². The Morgan fingerprint density at radius 1 is 1.17 bits per heavy atom. The number of nitrogens with zero attached hydrogens (tertiary/aromatic N) is 3. The van der Waals surface area contributed by atoms with Crippen molar-refractivity contribution < 1.29 is 19.0 Å². The highest BCUT2D eigenvalue weighted by molar-refractivity contribution is 7.98. The van der Waals surface area contributed by atoms with Gasteiger partial charge in [0.2, 0.25) is 0 Å². The minimum atomic E-state index is -0.464. The van der Waals surface area contributed by atoms with Gasteiger partial charge in [0, 0.05) is 30.3 Å². The first-order valence-electron chi connectivity index (χ1n) is 9.25. The molecule has 3 heterocycles. The molecular formula is C21H17N3O5S. The quantitative estimate of drug-likeness (QED) is 0.394. The molecule has 2 aromatic heterocycles. The lowest BCUT2D eigenvalue weighted by Gasteiger charge is -2.25. The van der Waals surface area contributed by atoms with Crippen molar-refractivity contribution in [2.75, 3.05) is 6.61 Å². The van der Waals surface area contributed by atoms with Crippen LogP contribution in [-0.4, -0.2) is 26.5 Å². The molecule has 1 atom stereocenters. The summed E-state index contributed by atoms with van der Waals surface area (Å²) in [6.45, 7) is 0.349. The Morgan fingerprint density at radius 3 is 2.87 bits per heavy atom. The van der Waals surface area contributed by atoms with Crippen LogP contribution in [0.25, 0.3) is 11.0 Å². The molecule has 0 amide bonds. The fourth-order valence-corrected chi connectivity index (χ4v) is 4.27. The second-order valence-corrected chi connectivity index (χ2v) is 7.77. The van der Waals surface area contributed by atoms with Gasteiger partial charge in [0.25, 0.3) is 0 Å². The molecule has 0 unspecified atom stereocenters. The van der Waals surface area contributed by atoms with Crippen molar-refractivity contribution >= 4 is 22.7 Å². The Bertz CT molecular complexity index is 1300. The maximum atomic E-state index is 11.9. The van der Waals surface area contributed by atoms with Crippen LogP contribution in [0.4, 0.5) is 0 Å². The predicted molar refractivity (Wildman–Crippen MR) is 110 cm³/mol. The summed E-state index contributed by atoms with van der Waals surface area (Å²) in [4.78, 5) is 11.9. The maximum Gasteiger partial charge on any atom is 0.336 e. The summed E-state index contributed by atoms with van der Waals surface area (Å²) in [5.74, 6) is 2.59.